The number of sulfone groups is 1. The van der Waals surface area contributed by atoms with Crippen molar-refractivity contribution in [1.82, 2.24) is 24.2 Å². The van der Waals surface area contributed by atoms with Crippen molar-refractivity contribution < 1.29 is 17.5 Å². The number of hydrogen-bond donors (Lipinski definition) is 0. The quantitative estimate of drug-likeness (QED) is 0.363. The second-order valence-electron chi connectivity index (χ2n) is 10.3. The van der Waals surface area contributed by atoms with Gasteiger partial charge in [-0.15, -0.1) is 0 Å². The SMILES string of the molecule is COc1ccc(-c2ccc3c(CCC(C)(C)N4CCS(=O)(=O)CC4)cn(-c4cnn(C)c4)c3n2)cc1F. The van der Waals surface area contributed by atoms with Crippen LogP contribution in [0.4, 0.5) is 4.39 Å². The van der Waals surface area contributed by atoms with E-state index in [1.807, 2.05) is 29.9 Å². The molecule has 0 N–H and O–H groups in total. The number of pyridine rings is 1. The summed E-state index contributed by atoms with van der Waals surface area (Å²) in [5.41, 5.74) is 4.01. The van der Waals surface area contributed by atoms with E-state index in [-0.39, 0.29) is 22.8 Å². The molecule has 1 saturated heterocycles. The van der Waals surface area contributed by atoms with Gasteiger partial charge >= 0.3 is 0 Å². The highest BCUT2D eigenvalue weighted by Crippen LogP contribution is 2.31. The summed E-state index contributed by atoms with van der Waals surface area (Å²) >= 11 is 0. The van der Waals surface area contributed by atoms with Gasteiger partial charge in [-0.3, -0.25) is 14.1 Å². The zero-order valence-electron chi connectivity index (χ0n) is 21.6. The number of hydrogen-bond acceptors (Lipinski definition) is 6. The number of aromatic nitrogens is 4. The van der Waals surface area contributed by atoms with Crippen LogP contribution in [0, 0.1) is 5.82 Å². The van der Waals surface area contributed by atoms with Gasteiger partial charge in [0, 0.05) is 49.0 Å². The molecule has 0 spiro atoms. The summed E-state index contributed by atoms with van der Waals surface area (Å²) in [4.78, 5) is 7.22. The average molecular weight is 526 g/mol. The monoisotopic (exact) mass is 525 g/mol. The van der Waals surface area contributed by atoms with Crippen LogP contribution in [0.25, 0.3) is 28.0 Å². The van der Waals surface area contributed by atoms with Gasteiger partial charge in [0.2, 0.25) is 0 Å². The lowest BCUT2D eigenvalue weighted by molar-refractivity contribution is 0.123. The fraction of sp³-hybridized carbons (Fsp3) is 0.407. The van der Waals surface area contributed by atoms with Gasteiger partial charge in [0.1, 0.15) is 5.65 Å². The van der Waals surface area contributed by atoms with Gasteiger partial charge in [-0.05, 0) is 62.6 Å². The van der Waals surface area contributed by atoms with Crippen molar-refractivity contribution in [2.24, 2.45) is 7.05 Å². The summed E-state index contributed by atoms with van der Waals surface area (Å²) in [6, 6.07) is 8.81. The van der Waals surface area contributed by atoms with Crippen LogP contribution in [-0.4, -0.2) is 69.9 Å². The van der Waals surface area contributed by atoms with E-state index in [0.29, 0.717) is 24.3 Å². The lowest BCUT2D eigenvalue weighted by Crippen LogP contribution is -2.51. The Labute approximate surface area is 216 Å². The van der Waals surface area contributed by atoms with E-state index in [2.05, 4.69) is 30.0 Å². The first-order valence-corrected chi connectivity index (χ1v) is 14.2. The lowest BCUT2D eigenvalue weighted by atomic mass is 9.93. The number of aryl methyl sites for hydroxylation is 2. The Hall–Kier alpha value is -3.24. The average Bonchev–Trinajstić information content (AvgIpc) is 3.45. The summed E-state index contributed by atoms with van der Waals surface area (Å²) in [7, 11) is 0.393. The largest absolute Gasteiger partial charge is 0.494 e. The van der Waals surface area contributed by atoms with E-state index in [4.69, 9.17) is 9.72 Å². The summed E-state index contributed by atoms with van der Waals surface area (Å²) in [5.74, 6) is 0.197. The van der Waals surface area contributed by atoms with Gasteiger partial charge in [0.05, 0.1) is 36.2 Å². The Morgan fingerprint density at radius 1 is 1.11 bits per heavy atom. The smallest absolute Gasteiger partial charge is 0.165 e. The second-order valence-corrected chi connectivity index (χ2v) is 12.6. The molecule has 1 fully saturated rings. The predicted molar refractivity (Wildman–Crippen MR) is 142 cm³/mol. The van der Waals surface area contributed by atoms with Crippen LogP contribution in [0.2, 0.25) is 0 Å². The van der Waals surface area contributed by atoms with E-state index in [1.54, 1.807) is 23.0 Å². The molecule has 1 aromatic carbocycles. The first-order valence-electron chi connectivity index (χ1n) is 12.4. The zero-order chi connectivity index (χ0) is 26.4. The van der Waals surface area contributed by atoms with Gasteiger partial charge < -0.3 is 4.74 Å². The van der Waals surface area contributed by atoms with Gasteiger partial charge in [-0.2, -0.15) is 5.10 Å². The maximum Gasteiger partial charge on any atom is 0.165 e. The molecule has 0 atom stereocenters. The second kappa shape index (κ2) is 9.57. The minimum Gasteiger partial charge on any atom is -0.494 e. The minimum atomic E-state index is -2.92. The Morgan fingerprint density at radius 2 is 1.86 bits per heavy atom. The van der Waals surface area contributed by atoms with Crippen molar-refractivity contribution in [2.75, 3.05) is 31.7 Å². The van der Waals surface area contributed by atoms with Crippen LogP contribution >= 0.6 is 0 Å². The molecular weight excluding hydrogens is 493 g/mol. The maximum absolute atomic E-state index is 14.4. The highest BCUT2D eigenvalue weighted by Gasteiger charge is 2.32. The first kappa shape index (κ1) is 25.4. The third-order valence-corrected chi connectivity index (χ3v) is 8.97. The van der Waals surface area contributed by atoms with Crippen LogP contribution in [0.15, 0.2) is 48.9 Å². The topological polar surface area (TPSA) is 82.3 Å². The van der Waals surface area contributed by atoms with Crippen LogP contribution in [0.3, 0.4) is 0 Å². The zero-order valence-corrected chi connectivity index (χ0v) is 22.4. The Bertz CT molecular complexity index is 1540. The van der Waals surface area contributed by atoms with Gasteiger partial charge in [-0.1, -0.05) is 0 Å². The van der Waals surface area contributed by atoms with Crippen molar-refractivity contribution >= 4 is 20.9 Å². The third kappa shape index (κ3) is 5.13. The van der Waals surface area contributed by atoms with Crippen LogP contribution in [0.1, 0.15) is 25.8 Å². The summed E-state index contributed by atoms with van der Waals surface area (Å²) in [6.45, 7) is 5.49. The van der Waals surface area contributed by atoms with Crippen molar-refractivity contribution in [2.45, 2.75) is 32.2 Å². The Morgan fingerprint density at radius 3 is 2.51 bits per heavy atom. The van der Waals surface area contributed by atoms with Crippen molar-refractivity contribution in [3.63, 3.8) is 0 Å². The number of nitrogens with zero attached hydrogens (tertiary/aromatic N) is 5. The lowest BCUT2D eigenvalue weighted by Gasteiger charge is -2.41. The molecule has 37 heavy (non-hydrogen) atoms. The number of benzene rings is 1. The first-order chi connectivity index (χ1) is 17.6. The van der Waals surface area contributed by atoms with Crippen molar-refractivity contribution in [3.05, 3.63) is 60.3 Å². The molecule has 0 radical (unpaired) electrons. The summed E-state index contributed by atoms with van der Waals surface area (Å²) < 4.78 is 47.0. The van der Waals surface area contributed by atoms with Crippen molar-refractivity contribution in [1.29, 1.82) is 0 Å². The maximum atomic E-state index is 14.4. The van der Waals surface area contributed by atoms with E-state index >= 15 is 0 Å². The van der Waals surface area contributed by atoms with Crippen LogP contribution in [-0.2, 0) is 23.3 Å². The normalized spacial score (nSPS) is 16.4. The molecule has 10 heteroatoms. The molecule has 3 aromatic heterocycles. The van der Waals surface area contributed by atoms with Crippen LogP contribution < -0.4 is 4.74 Å². The molecule has 5 rings (SSSR count). The number of ether oxygens (including phenoxy) is 1. The number of fused-ring (bicyclic) bond motifs is 1. The predicted octanol–water partition coefficient (Wildman–Crippen LogP) is 4.02. The number of rotatable bonds is 7. The summed E-state index contributed by atoms with van der Waals surface area (Å²) in [5, 5.41) is 5.35. The number of methoxy groups -OCH3 is 1. The van der Waals surface area contributed by atoms with Crippen molar-refractivity contribution in [3.8, 4) is 22.7 Å². The summed E-state index contributed by atoms with van der Waals surface area (Å²) in [6.07, 6.45) is 7.50. The molecule has 196 valence electrons. The molecular formula is C27H32FN5O3S. The molecule has 0 saturated carbocycles. The molecule has 0 unspecified atom stereocenters. The van der Waals surface area contributed by atoms with E-state index in [1.165, 1.54) is 13.2 Å². The molecule has 0 amide bonds. The van der Waals surface area contributed by atoms with Gasteiger partial charge in [0.25, 0.3) is 0 Å². The molecule has 8 nitrogen and oxygen atoms in total. The standard InChI is InChI=1S/C27H32FN5O3S/c1-27(2,32-11-13-37(34,35)14-12-32)10-9-20-17-33(21-16-29-31(3)18-21)26-22(20)6-7-24(30-26)19-5-8-25(36-4)23(28)15-19/h5-8,15-18H,9-14H2,1-4H3. The van der Waals surface area contributed by atoms with E-state index in [0.717, 1.165) is 35.1 Å². The molecule has 4 heterocycles. The minimum absolute atomic E-state index is 0.146. The number of halogens is 1. The molecule has 1 aliphatic rings. The van der Waals surface area contributed by atoms with Crippen LogP contribution in [0.5, 0.6) is 5.75 Å². The highest BCUT2D eigenvalue weighted by molar-refractivity contribution is 7.91. The Balaban J connectivity index is 1.49. The van der Waals surface area contributed by atoms with E-state index < -0.39 is 15.7 Å². The molecule has 4 aromatic rings. The third-order valence-electron chi connectivity index (χ3n) is 7.36. The Kier molecular flexibility index (Phi) is 6.57. The molecule has 0 aliphatic carbocycles. The molecule has 0 bridgehead atoms. The van der Waals surface area contributed by atoms with E-state index in [9.17, 15) is 12.8 Å². The highest BCUT2D eigenvalue weighted by atomic mass is 32.2. The van der Waals surface area contributed by atoms with Gasteiger partial charge in [-0.25, -0.2) is 17.8 Å². The molecule has 1 aliphatic heterocycles. The van der Waals surface area contributed by atoms with Gasteiger partial charge in [0.15, 0.2) is 21.4 Å². The fourth-order valence-electron chi connectivity index (χ4n) is 5.00. The fourth-order valence-corrected chi connectivity index (χ4v) is 6.20.